The molecule has 0 unspecified atom stereocenters. The van der Waals surface area contributed by atoms with Crippen molar-refractivity contribution >= 4 is 35.0 Å². The highest BCUT2D eigenvalue weighted by atomic mass is 35.5. The predicted molar refractivity (Wildman–Crippen MR) is 117 cm³/mol. The highest BCUT2D eigenvalue weighted by Crippen LogP contribution is 2.32. The van der Waals surface area contributed by atoms with Crippen LogP contribution in [0, 0.1) is 0 Å². The lowest BCUT2D eigenvalue weighted by Gasteiger charge is -2.11. The number of halogens is 2. The first-order valence-electron chi connectivity index (χ1n) is 8.72. The molecule has 2 aromatic heterocycles. The van der Waals surface area contributed by atoms with E-state index in [1.54, 1.807) is 37.3 Å². The van der Waals surface area contributed by atoms with Crippen LogP contribution in [-0.4, -0.2) is 26.9 Å². The van der Waals surface area contributed by atoms with E-state index in [4.69, 9.17) is 27.9 Å². The van der Waals surface area contributed by atoms with E-state index in [1.165, 1.54) is 0 Å². The first-order chi connectivity index (χ1) is 14.2. The van der Waals surface area contributed by atoms with E-state index in [0.717, 1.165) is 27.7 Å². The molecule has 0 aliphatic heterocycles. The first-order valence-corrected chi connectivity index (χ1v) is 10.5. The van der Waals surface area contributed by atoms with Gasteiger partial charge in [0, 0.05) is 23.7 Å². The topological polar surface area (TPSA) is 52.8 Å². The van der Waals surface area contributed by atoms with Crippen molar-refractivity contribution in [2.24, 2.45) is 0 Å². The summed E-state index contributed by atoms with van der Waals surface area (Å²) in [6.45, 7) is 0. The molecular formula is C21H16Cl2N4OS. The number of aromatic nitrogens is 4. The summed E-state index contributed by atoms with van der Waals surface area (Å²) in [5.74, 6) is 2.22. The Morgan fingerprint density at radius 1 is 1.00 bits per heavy atom. The molecule has 4 aromatic rings. The molecule has 146 valence electrons. The second kappa shape index (κ2) is 8.86. The summed E-state index contributed by atoms with van der Waals surface area (Å²) in [6.07, 6.45) is 3.48. The van der Waals surface area contributed by atoms with Gasteiger partial charge in [0.25, 0.3) is 0 Å². The number of rotatable bonds is 6. The smallest absolute Gasteiger partial charge is 0.196 e. The maximum atomic E-state index is 6.27. The molecule has 0 N–H and O–H groups in total. The molecule has 0 amide bonds. The summed E-state index contributed by atoms with van der Waals surface area (Å²) >= 11 is 14.0. The van der Waals surface area contributed by atoms with Crippen molar-refractivity contribution in [1.82, 2.24) is 19.7 Å². The Morgan fingerprint density at radius 3 is 2.66 bits per heavy atom. The summed E-state index contributed by atoms with van der Waals surface area (Å²) in [5, 5.41) is 10.5. The predicted octanol–water partition coefficient (Wildman–Crippen LogP) is 5.94. The third kappa shape index (κ3) is 4.40. The van der Waals surface area contributed by atoms with Crippen LogP contribution in [0.2, 0.25) is 10.0 Å². The largest absolute Gasteiger partial charge is 0.497 e. The molecule has 8 heteroatoms. The van der Waals surface area contributed by atoms with E-state index in [2.05, 4.69) is 21.2 Å². The van der Waals surface area contributed by atoms with E-state index in [-0.39, 0.29) is 0 Å². The Hall–Kier alpha value is -2.54. The maximum absolute atomic E-state index is 6.27. The normalized spacial score (nSPS) is 10.9. The minimum absolute atomic E-state index is 0.471. The number of methoxy groups -OCH3 is 1. The van der Waals surface area contributed by atoms with Gasteiger partial charge in [-0.2, -0.15) is 0 Å². The Balaban J connectivity index is 1.73. The zero-order valence-corrected chi connectivity index (χ0v) is 17.7. The summed E-state index contributed by atoms with van der Waals surface area (Å²) < 4.78 is 7.27. The number of nitrogens with zero attached hydrogens (tertiary/aromatic N) is 4. The van der Waals surface area contributed by atoms with Gasteiger partial charge in [-0.15, -0.1) is 10.2 Å². The third-order valence-corrected chi connectivity index (χ3v) is 5.96. The van der Waals surface area contributed by atoms with E-state index >= 15 is 0 Å². The highest BCUT2D eigenvalue weighted by Gasteiger charge is 2.17. The van der Waals surface area contributed by atoms with Crippen LogP contribution < -0.4 is 4.74 Å². The Morgan fingerprint density at radius 2 is 1.90 bits per heavy atom. The molecule has 0 aliphatic rings. The standard InChI is InChI=1S/C21H16Cl2N4OS/c1-28-17-6-2-4-14(10-17)13-29-21-26-25-20(15-5-3-9-24-12-15)27(21)16-7-8-18(22)19(23)11-16/h2-12H,13H2,1H3. The minimum atomic E-state index is 0.471. The molecule has 0 atom stereocenters. The Bertz CT molecular complexity index is 1130. The number of ether oxygens (including phenoxy) is 1. The van der Waals surface area contributed by atoms with Gasteiger partial charge in [-0.1, -0.05) is 47.1 Å². The monoisotopic (exact) mass is 442 g/mol. The van der Waals surface area contributed by atoms with Crippen LogP contribution in [0.3, 0.4) is 0 Å². The molecule has 0 saturated carbocycles. The molecule has 0 bridgehead atoms. The number of hydrogen-bond donors (Lipinski definition) is 0. The molecule has 29 heavy (non-hydrogen) atoms. The molecule has 0 radical (unpaired) electrons. The van der Waals surface area contributed by atoms with Crippen molar-refractivity contribution in [2.45, 2.75) is 10.9 Å². The van der Waals surface area contributed by atoms with Crippen LogP contribution in [-0.2, 0) is 5.75 Å². The lowest BCUT2D eigenvalue weighted by molar-refractivity contribution is 0.414. The van der Waals surface area contributed by atoms with Gasteiger partial charge in [0.15, 0.2) is 11.0 Å². The molecule has 0 aliphatic carbocycles. The fourth-order valence-corrected chi connectivity index (χ4v) is 4.00. The van der Waals surface area contributed by atoms with Crippen molar-refractivity contribution in [3.8, 4) is 22.8 Å². The number of benzene rings is 2. The van der Waals surface area contributed by atoms with Crippen LogP contribution in [0.4, 0.5) is 0 Å². The summed E-state index contributed by atoms with van der Waals surface area (Å²) in [5.41, 5.74) is 2.82. The van der Waals surface area contributed by atoms with Gasteiger partial charge in [-0.3, -0.25) is 9.55 Å². The summed E-state index contributed by atoms with van der Waals surface area (Å²) in [6, 6.07) is 17.2. The average molecular weight is 443 g/mol. The van der Waals surface area contributed by atoms with Crippen LogP contribution in [0.25, 0.3) is 17.1 Å². The zero-order valence-electron chi connectivity index (χ0n) is 15.4. The van der Waals surface area contributed by atoms with Gasteiger partial charge < -0.3 is 4.74 Å². The maximum Gasteiger partial charge on any atom is 0.196 e. The van der Waals surface area contributed by atoms with Gasteiger partial charge in [0.1, 0.15) is 5.75 Å². The molecule has 2 heterocycles. The fraction of sp³-hybridized carbons (Fsp3) is 0.0952. The second-order valence-corrected chi connectivity index (χ2v) is 7.88. The molecule has 2 aromatic carbocycles. The fourth-order valence-electron chi connectivity index (χ4n) is 2.81. The molecule has 0 saturated heterocycles. The van der Waals surface area contributed by atoms with Crippen molar-refractivity contribution in [3.63, 3.8) is 0 Å². The van der Waals surface area contributed by atoms with Crippen molar-refractivity contribution in [3.05, 3.63) is 82.6 Å². The summed E-state index contributed by atoms with van der Waals surface area (Å²) in [7, 11) is 1.66. The Labute approximate surface area is 182 Å². The van der Waals surface area contributed by atoms with E-state index in [1.807, 2.05) is 47.0 Å². The molecule has 0 spiro atoms. The van der Waals surface area contributed by atoms with Gasteiger partial charge in [0.2, 0.25) is 0 Å². The van der Waals surface area contributed by atoms with Crippen LogP contribution >= 0.6 is 35.0 Å². The zero-order chi connectivity index (χ0) is 20.2. The van der Waals surface area contributed by atoms with Crippen molar-refractivity contribution in [2.75, 3.05) is 7.11 Å². The van der Waals surface area contributed by atoms with E-state index in [9.17, 15) is 0 Å². The third-order valence-electron chi connectivity index (χ3n) is 4.22. The molecular weight excluding hydrogens is 427 g/mol. The van der Waals surface area contributed by atoms with Crippen molar-refractivity contribution in [1.29, 1.82) is 0 Å². The second-order valence-electron chi connectivity index (χ2n) is 6.12. The van der Waals surface area contributed by atoms with E-state index in [0.29, 0.717) is 21.6 Å². The summed E-state index contributed by atoms with van der Waals surface area (Å²) in [4.78, 5) is 4.20. The number of pyridine rings is 1. The van der Waals surface area contributed by atoms with E-state index < -0.39 is 0 Å². The molecule has 5 nitrogen and oxygen atoms in total. The van der Waals surface area contributed by atoms with Crippen LogP contribution in [0.15, 0.2) is 72.1 Å². The number of thioether (sulfide) groups is 1. The van der Waals surface area contributed by atoms with Crippen molar-refractivity contribution < 1.29 is 4.74 Å². The lowest BCUT2D eigenvalue weighted by atomic mass is 10.2. The van der Waals surface area contributed by atoms with Gasteiger partial charge in [0.05, 0.1) is 22.8 Å². The van der Waals surface area contributed by atoms with Gasteiger partial charge >= 0.3 is 0 Å². The van der Waals surface area contributed by atoms with Gasteiger partial charge in [-0.25, -0.2) is 0 Å². The SMILES string of the molecule is COc1cccc(CSc2nnc(-c3cccnc3)n2-c2ccc(Cl)c(Cl)c2)c1. The lowest BCUT2D eigenvalue weighted by Crippen LogP contribution is -2.00. The quantitative estimate of drug-likeness (QED) is 0.346. The van der Waals surface area contributed by atoms with Gasteiger partial charge in [-0.05, 0) is 48.0 Å². The highest BCUT2D eigenvalue weighted by molar-refractivity contribution is 7.98. The molecule has 4 rings (SSSR count). The first kappa shape index (κ1) is 19.8. The van der Waals surface area contributed by atoms with Crippen LogP contribution in [0.5, 0.6) is 5.75 Å². The Kier molecular flexibility index (Phi) is 6.04. The number of hydrogen-bond acceptors (Lipinski definition) is 5. The molecule has 0 fully saturated rings. The van der Waals surface area contributed by atoms with Crippen LogP contribution in [0.1, 0.15) is 5.56 Å². The minimum Gasteiger partial charge on any atom is -0.497 e. The average Bonchev–Trinajstić information content (AvgIpc) is 3.19.